The van der Waals surface area contributed by atoms with Crippen molar-refractivity contribution in [2.75, 3.05) is 16.6 Å². The Morgan fingerprint density at radius 1 is 1.09 bits per heavy atom. The fraction of sp³-hybridized carbons (Fsp3) is 0.294. The highest BCUT2D eigenvalue weighted by Crippen LogP contribution is 2.26. The Morgan fingerprint density at radius 3 is 2.50 bits per heavy atom. The van der Waals surface area contributed by atoms with Gasteiger partial charge in [0.1, 0.15) is 0 Å². The smallest absolute Gasteiger partial charge is 0.261 e. The predicted octanol–water partition coefficient (Wildman–Crippen LogP) is 3.58. The molecule has 1 heterocycles. The topological polar surface area (TPSA) is 58.2 Å². The number of rotatable bonds is 4. The van der Waals surface area contributed by atoms with Gasteiger partial charge in [0.05, 0.1) is 4.90 Å². The van der Waals surface area contributed by atoms with Gasteiger partial charge in [-0.1, -0.05) is 26.0 Å². The van der Waals surface area contributed by atoms with Crippen molar-refractivity contribution in [3.63, 3.8) is 0 Å². The molecule has 5 heteroatoms. The summed E-state index contributed by atoms with van der Waals surface area (Å²) >= 11 is 0. The Balaban J connectivity index is 1.84. The molecule has 0 radical (unpaired) electrons. The van der Waals surface area contributed by atoms with Crippen molar-refractivity contribution < 1.29 is 8.42 Å². The normalized spacial score (nSPS) is 13.8. The number of hydrogen-bond acceptors (Lipinski definition) is 3. The predicted molar refractivity (Wildman–Crippen MR) is 90.0 cm³/mol. The molecule has 0 saturated heterocycles. The first-order chi connectivity index (χ1) is 10.5. The van der Waals surface area contributed by atoms with E-state index in [4.69, 9.17) is 0 Å². The van der Waals surface area contributed by atoms with Crippen LogP contribution in [-0.4, -0.2) is 15.0 Å². The van der Waals surface area contributed by atoms with Gasteiger partial charge in [0, 0.05) is 17.9 Å². The van der Waals surface area contributed by atoms with Crippen LogP contribution >= 0.6 is 0 Å². The SMILES string of the molecule is CC(C)c1ccc(NS(=O)(=O)c2ccc3c(c2)CCN3)cc1. The van der Waals surface area contributed by atoms with E-state index in [-0.39, 0.29) is 0 Å². The first-order valence-corrected chi connectivity index (χ1v) is 8.93. The zero-order chi connectivity index (χ0) is 15.7. The largest absolute Gasteiger partial charge is 0.384 e. The van der Waals surface area contributed by atoms with Crippen molar-refractivity contribution in [3.8, 4) is 0 Å². The number of fused-ring (bicyclic) bond motifs is 1. The molecule has 0 unspecified atom stereocenters. The summed E-state index contributed by atoms with van der Waals surface area (Å²) < 4.78 is 27.6. The standard InChI is InChI=1S/C17H20N2O2S/c1-12(2)13-3-5-15(6-4-13)19-22(20,21)16-7-8-17-14(11-16)9-10-18-17/h3-8,11-12,18-19H,9-10H2,1-2H3. The minimum Gasteiger partial charge on any atom is -0.384 e. The molecule has 0 amide bonds. The first-order valence-electron chi connectivity index (χ1n) is 7.45. The van der Waals surface area contributed by atoms with E-state index in [1.807, 2.05) is 30.3 Å². The van der Waals surface area contributed by atoms with Gasteiger partial charge in [-0.05, 0) is 53.8 Å². The minimum atomic E-state index is -3.55. The van der Waals surface area contributed by atoms with Gasteiger partial charge in [-0.15, -0.1) is 0 Å². The van der Waals surface area contributed by atoms with Gasteiger partial charge in [0.25, 0.3) is 10.0 Å². The maximum atomic E-state index is 12.5. The molecule has 0 aliphatic carbocycles. The van der Waals surface area contributed by atoms with Gasteiger partial charge in [0.15, 0.2) is 0 Å². The zero-order valence-corrected chi connectivity index (χ0v) is 13.6. The van der Waals surface area contributed by atoms with E-state index in [1.54, 1.807) is 12.1 Å². The highest BCUT2D eigenvalue weighted by molar-refractivity contribution is 7.92. The molecule has 22 heavy (non-hydrogen) atoms. The Labute approximate surface area is 131 Å². The molecule has 0 saturated carbocycles. The Bertz CT molecular complexity index is 781. The third-order valence-electron chi connectivity index (χ3n) is 3.93. The number of benzene rings is 2. The highest BCUT2D eigenvalue weighted by Gasteiger charge is 2.18. The summed E-state index contributed by atoms with van der Waals surface area (Å²) in [6.07, 6.45) is 0.863. The van der Waals surface area contributed by atoms with Crippen LogP contribution in [0.2, 0.25) is 0 Å². The second kappa shape index (κ2) is 5.65. The minimum absolute atomic E-state index is 0.308. The van der Waals surface area contributed by atoms with Gasteiger partial charge in [-0.3, -0.25) is 4.72 Å². The average Bonchev–Trinajstić information content (AvgIpc) is 2.94. The molecule has 0 spiro atoms. The molecule has 3 rings (SSSR count). The Hall–Kier alpha value is -2.01. The third-order valence-corrected chi connectivity index (χ3v) is 5.31. The van der Waals surface area contributed by atoms with E-state index in [0.29, 0.717) is 16.5 Å². The lowest BCUT2D eigenvalue weighted by molar-refractivity contribution is 0.601. The summed E-state index contributed by atoms with van der Waals surface area (Å²) in [7, 11) is -3.55. The van der Waals surface area contributed by atoms with E-state index in [1.165, 1.54) is 5.56 Å². The van der Waals surface area contributed by atoms with Crippen LogP contribution in [0.25, 0.3) is 0 Å². The molecule has 2 aromatic carbocycles. The van der Waals surface area contributed by atoms with Crippen LogP contribution in [0.5, 0.6) is 0 Å². The Morgan fingerprint density at radius 2 is 1.82 bits per heavy atom. The zero-order valence-electron chi connectivity index (χ0n) is 12.8. The second-order valence-corrected chi connectivity index (χ2v) is 7.56. The third kappa shape index (κ3) is 2.95. The lowest BCUT2D eigenvalue weighted by Gasteiger charge is -2.11. The molecular formula is C17H20N2O2S. The molecule has 0 bridgehead atoms. The van der Waals surface area contributed by atoms with Crippen molar-refractivity contribution >= 4 is 21.4 Å². The summed E-state index contributed by atoms with van der Waals surface area (Å²) in [6, 6.07) is 12.7. The van der Waals surface area contributed by atoms with E-state index < -0.39 is 10.0 Å². The fourth-order valence-electron chi connectivity index (χ4n) is 2.60. The quantitative estimate of drug-likeness (QED) is 0.906. The van der Waals surface area contributed by atoms with Gasteiger partial charge in [-0.25, -0.2) is 8.42 Å². The number of nitrogens with one attached hydrogen (secondary N) is 2. The molecule has 0 fully saturated rings. The van der Waals surface area contributed by atoms with Crippen LogP contribution in [-0.2, 0) is 16.4 Å². The van der Waals surface area contributed by atoms with Gasteiger partial charge in [-0.2, -0.15) is 0 Å². The van der Waals surface area contributed by atoms with Crippen molar-refractivity contribution in [1.82, 2.24) is 0 Å². The van der Waals surface area contributed by atoms with E-state index in [2.05, 4.69) is 23.9 Å². The summed E-state index contributed by atoms with van der Waals surface area (Å²) in [5.41, 5.74) is 3.85. The lowest BCUT2D eigenvalue weighted by atomic mass is 10.0. The summed E-state index contributed by atoms with van der Waals surface area (Å²) in [6.45, 7) is 5.08. The Kier molecular flexibility index (Phi) is 3.83. The number of sulfonamides is 1. The molecule has 116 valence electrons. The van der Waals surface area contributed by atoms with Crippen LogP contribution < -0.4 is 10.0 Å². The van der Waals surface area contributed by atoms with Crippen LogP contribution in [0, 0.1) is 0 Å². The van der Waals surface area contributed by atoms with Gasteiger partial charge < -0.3 is 5.32 Å². The van der Waals surface area contributed by atoms with Crippen molar-refractivity contribution in [3.05, 3.63) is 53.6 Å². The average molecular weight is 316 g/mol. The van der Waals surface area contributed by atoms with E-state index in [0.717, 1.165) is 24.2 Å². The first kappa shape index (κ1) is 14.9. The van der Waals surface area contributed by atoms with E-state index in [9.17, 15) is 8.42 Å². The summed E-state index contributed by atoms with van der Waals surface area (Å²) in [5.74, 6) is 0.426. The molecule has 2 aromatic rings. The fourth-order valence-corrected chi connectivity index (χ4v) is 3.71. The monoisotopic (exact) mass is 316 g/mol. The van der Waals surface area contributed by atoms with Gasteiger partial charge >= 0.3 is 0 Å². The highest BCUT2D eigenvalue weighted by atomic mass is 32.2. The van der Waals surface area contributed by atoms with Gasteiger partial charge in [0.2, 0.25) is 0 Å². The molecule has 4 nitrogen and oxygen atoms in total. The van der Waals surface area contributed by atoms with Crippen molar-refractivity contribution in [2.45, 2.75) is 31.1 Å². The molecule has 0 atom stereocenters. The maximum Gasteiger partial charge on any atom is 0.261 e. The lowest BCUT2D eigenvalue weighted by Crippen LogP contribution is -2.13. The number of hydrogen-bond donors (Lipinski definition) is 2. The van der Waals surface area contributed by atoms with Crippen LogP contribution in [0.15, 0.2) is 47.4 Å². The molecule has 2 N–H and O–H groups in total. The van der Waals surface area contributed by atoms with Crippen LogP contribution in [0.4, 0.5) is 11.4 Å². The molecule has 1 aliphatic rings. The van der Waals surface area contributed by atoms with Crippen LogP contribution in [0.3, 0.4) is 0 Å². The maximum absolute atomic E-state index is 12.5. The molecular weight excluding hydrogens is 296 g/mol. The number of anilines is 2. The van der Waals surface area contributed by atoms with Crippen molar-refractivity contribution in [2.24, 2.45) is 0 Å². The molecule has 0 aromatic heterocycles. The van der Waals surface area contributed by atoms with Crippen molar-refractivity contribution in [1.29, 1.82) is 0 Å². The van der Waals surface area contributed by atoms with E-state index >= 15 is 0 Å². The van der Waals surface area contributed by atoms with Crippen LogP contribution in [0.1, 0.15) is 30.9 Å². The molecule has 1 aliphatic heterocycles. The summed E-state index contributed by atoms with van der Waals surface area (Å²) in [5, 5.41) is 3.23. The summed E-state index contributed by atoms with van der Waals surface area (Å²) in [4.78, 5) is 0.308. The second-order valence-electron chi connectivity index (χ2n) is 5.88.